The number of rotatable bonds is 7. The van der Waals surface area contributed by atoms with E-state index < -0.39 is 4.92 Å². The van der Waals surface area contributed by atoms with Crippen molar-refractivity contribution in [3.8, 4) is 11.5 Å². The van der Waals surface area contributed by atoms with Crippen LogP contribution in [0.25, 0.3) is 0 Å². The predicted molar refractivity (Wildman–Crippen MR) is 81.4 cm³/mol. The highest BCUT2D eigenvalue weighted by Gasteiger charge is 2.19. The summed E-state index contributed by atoms with van der Waals surface area (Å²) in [6.45, 7) is 0.552. The van der Waals surface area contributed by atoms with Crippen LogP contribution in [0.5, 0.6) is 11.5 Å². The molecule has 0 atom stereocenters. The molecule has 116 valence electrons. The number of hydrogen-bond donors (Lipinski definition) is 1. The molecule has 1 heterocycles. The molecule has 0 amide bonds. The minimum absolute atomic E-state index is 0.0230. The van der Waals surface area contributed by atoms with Crippen molar-refractivity contribution in [2.24, 2.45) is 0 Å². The lowest BCUT2D eigenvalue weighted by molar-refractivity contribution is -0.409. The lowest BCUT2D eigenvalue weighted by Crippen LogP contribution is -2.16. The Morgan fingerprint density at radius 2 is 2.00 bits per heavy atom. The second-order valence-corrected chi connectivity index (χ2v) is 4.55. The van der Waals surface area contributed by atoms with Crippen LogP contribution in [-0.4, -0.2) is 25.7 Å². The standard InChI is InChI=1S/C15H17N3O4/c1-21-13-6-5-11(10-14(13)22-2)7-9-17-15-12(18(19)20)4-3-8-16-15/h3-6,8,10H,7,9H2,1-2H3,(H,16,17)/p+1. The SMILES string of the molecule is COc1ccc(CCNc2[nH+]cccc2[N+](=O)[O-])cc1OC. The number of H-pyrrole nitrogens is 1. The van der Waals surface area contributed by atoms with Gasteiger partial charge in [-0.05, 0) is 23.8 Å². The first-order chi connectivity index (χ1) is 10.7. The summed E-state index contributed by atoms with van der Waals surface area (Å²) in [5.74, 6) is 1.73. The first kappa shape index (κ1) is 15.6. The van der Waals surface area contributed by atoms with Crippen LogP contribution in [0.1, 0.15) is 5.56 Å². The molecule has 0 fully saturated rings. The van der Waals surface area contributed by atoms with Gasteiger partial charge in [0.2, 0.25) is 0 Å². The topological polar surface area (TPSA) is 87.8 Å². The van der Waals surface area contributed by atoms with Crippen LogP contribution in [0.4, 0.5) is 11.5 Å². The lowest BCUT2D eigenvalue weighted by Gasteiger charge is -2.09. The van der Waals surface area contributed by atoms with Gasteiger partial charge in [0, 0.05) is 12.5 Å². The van der Waals surface area contributed by atoms with Gasteiger partial charge < -0.3 is 9.47 Å². The molecule has 0 aliphatic rings. The molecule has 22 heavy (non-hydrogen) atoms. The van der Waals surface area contributed by atoms with Crippen LogP contribution in [0.2, 0.25) is 0 Å². The first-order valence-electron chi connectivity index (χ1n) is 6.75. The fraction of sp³-hybridized carbons (Fsp3) is 0.267. The Morgan fingerprint density at radius 1 is 1.23 bits per heavy atom. The fourth-order valence-corrected chi connectivity index (χ4v) is 2.09. The number of anilines is 1. The summed E-state index contributed by atoms with van der Waals surface area (Å²) in [7, 11) is 3.17. The van der Waals surface area contributed by atoms with Crippen molar-refractivity contribution in [3.05, 3.63) is 52.2 Å². The maximum absolute atomic E-state index is 10.9. The molecule has 7 heteroatoms. The molecular formula is C15H18N3O4+. The minimum atomic E-state index is -0.421. The number of pyridine rings is 1. The van der Waals surface area contributed by atoms with Gasteiger partial charge in [0.15, 0.2) is 11.5 Å². The third-order valence-corrected chi connectivity index (χ3v) is 3.19. The molecule has 0 unspecified atom stereocenters. The van der Waals surface area contributed by atoms with Gasteiger partial charge in [-0.3, -0.25) is 15.4 Å². The zero-order valence-electron chi connectivity index (χ0n) is 12.5. The van der Waals surface area contributed by atoms with Crippen LogP contribution < -0.4 is 19.8 Å². The number of aromatic amines is 1. The Hall–Kier alpha value is -2.83. The molecule has 1 aromatic carbocycles. The van der Waals surface area contributed by atoms with Gasteiger partial charge in [-0.15, -0.1) is 0 Å². The van der Waals surface area contributed by atoms with Crippen LogP contribution in [0.15, 0.2) is 36.5 Å². The zero-order chi connectivity index (χ0) is 15.9. The normalized spacial score (nSPS) is 10.1. The summed E-state index contributed by atoms with van der Waals surface area (Å²) in [6, 6.07) is 8.72. The molecule has 0 aliphatic heterocycles. The Bertz CT molecular complexity index is 661. The van der Waals surface area contributed by atoms with Gasteiger partial charge in [-0.2, -0.15) is 0 Å². The predicted octanol–water partition coefficient (Wildman–Crippen LogP) is 2.08. The maximum atomic E-state index is 10.9. The summed E-state index contributed by atoms with van der Waals surface area (Å²) in [4.78, 5) is 13.4. The van der Waals surface area contributed by atoms with Crippen molar-refractivity contribution in [2.45, 2.75) is 6.42 Å². The van der Waals surface area contributed by atoms with Gasteiger partial charge in [0.1, 0.15) is 0 Å². The van der Waals surface area contributed by atoms with E-state index in [4.69, 9.17) is 9.47 Å². The molecule has 0 radical (unpaired) electrons. The van der Waals surface area contributed by atoms with Gasteiger partial charge in [-0.1, -0.05) is 6.07 Å². The van der Waals surface area contributed by atoms with Crippen molar-refractivity contribution >= 4 is 11.5 Å². The first-order valence-corrected chi connectivity index (χ1v) is 6.75. The molecule has 0 saturated heterocycles. The average Bonchev–Trinajstić information content (AvgIpc) is 2.55. The monoisotopic (exact) mass is 304 g/mol. The average molecular weight is 304 g/mol. The van der Waals surface area contributed by atoms with Crippen LogP contribution in [-0.2, 0) is 6.42 Å². The van der Waals surface area contributed by atoms with E-state index >= 15 is 0 Å². The van der Waals surface area contributed by atoms with E-state index in [-0.39, 0.29) is 5.69 Å². The van der Waals surface area contributed by atoms with Crippen molar-refractivity contribution < 1.29 is 19.4 Å². The Morgan fingerprint density at radius 3 is 2.68 bits per heavy atom. The molecule has 0 aliphatic carbocycles. The smallest absolute Gasteiger partial charge is 0.357 e. The van der Waals surface area contributed by atoms with E-state index in [1.165, 1.54) is 6.07 Å². The van der Waals surface area contributed by atoms with E-state index in [0.29, 0.717) is 30.3 Å². The summed E-state index contributed by atoms with van der Waals surface area (Å²) in [5.41, 5.74) is 1.07. The summed E-state index contributed by atoms with van der Waals surface area (Å²) in [6.07, 6.45) is 2.34. The molecule has 0 saturated carbocycles. The van der Waals surface area contributed by atoms with Crippen LogP contribution >= 0.6 is 0 Å². The molecular weight excluding hydrogens is 286 g/mol. The molecule has 7 nitrogen and oxygen atoms in total. The number of nitrogens with one attached hydrogen (secondary N) is 2. The fourth-order valence-electron chi connectivity index (χ4n) is 2.09. The number of ether oxygens (including phenoxy) is 2. The Labute approximate surface area is 128 Å². The molecule has 2 rings (SSSR count). The third-order valence-electron chi connectivity index (χ3n) is 3.19. The number of nitrogens with zero attached hydrogens (tertiary/aromatic N) is 1. The molecule has 2 aromatic rings. The quantitative estimate of drug-likeness (QED) is 0.625. The van der Waals surface area contributed by atoms with Gasteiger partial charge in [0.05, 0.1) is 31.9 Å². The van der Waals surface area contributed by atoms with Crippen molar-refractivity contribution in [3.63, 3.8) is 0 Å². The van der Waals surface area contributed by atoms with E-state index in [0.717, 1.165) is 5.56 Å². The maximum Gasteiger partial charge on any atom is 0.357 e. The number of nitro groups is 1. The largest absolute Gasteiger partial charge is 0.493 e. The minimum Gasteiger partial charge on any atom is -0.493 e. The molecule has 0 bridgehead atoms. The van der Waals surface area contributed by atoms with E-state index in [2.05, 4.69) is 10.3 Å². The van der Waals surface area contributed by atoms with Crippen molar-refractivity contribution in [2.75, 3.05) is 26.1 Å². The highest BCUT2D eigenvalue weighted by Crippen LogP contribution is 2.27. The highest BCUT2D eigenvalue weighted by molar-refractivity contribution is 5.51. The Kier molecular flexibility index (Phi) is 5.13. The van der Waals surface area contributed by atoms with Gasteiger partial charge in [0.25, 0.3) is 0 Å². The zero-order valence-corrected chi connectivity index (χ0v) is 12.5. The number of hydrogen-bond acceptors (Lipinski definition) is 5. The highest BCUT2D eigenvalue weighted by atomic mass is 16.6. The third kappa shape index (κ3) is 3.63. The number of methoxy groups -OCH3 is 2. The second kappa shape index (κ2) is 7.26. The van der Waals surface area contributed by atoms with Crippen molar-refractivity contribution in [1.29, 1.82) is 0 Å². The Balaban J connectivity index is 2.01. The second-order valence-electron chi connectivity index (χ2n) is 4.55. The summed E-state index contributed by atoms with van der Waals surface area (Å²) in [5, 5.41) is 14.0. The van der Waals surface area contributed by atoms with Crippen LogP contribution in [0, 0.1) is 10.1 Å². The van der Waals surface area contributed by atoms with Gasteiger partial charge in [-0.25, -0.2) is 4.98 Å². The lowest BCUT2D eigenvalue weighted by atomic mass is 10.1. The summed E-state index contributed by atoms with van der Waals surface area (Å²) < 4.78 is 10.4. The number of benzene rings is 1. The van der Waals surface area contributed by atoms with Crippen molar-refractivity contribution in [1.82, 2.24) is 0 Å². The van der Waals surface area contributed by atoms with E-state index in [1.54, 1.807) is 26.5 Å². The summed E-state index contributed by atoms with van der Waals surface area (Å²) >= 11 is 0. The number of aromatic nitrogens is 1. The van der Waals surface area contributed by atoms with E-state index in [1.807, 2.05) is 18.2 Å². The molecule has 1 aromatic heterocycles. The molecule has 2 N–H and O–H groups in total. The molecule has 0 spiro atoms. The van der Waals surface area contributed by atoms with Crippen LogP contribution in [0.3, 0.4) is 0 Å². The van der Waals surface area contributed by atoms with Gasteiger partial charge >= 0.3 is 11.5 Å². The van der Waals surface area contributed by atoms with E-state index in [9.17, 15) is 10.1 Å².